The summed E-state index contributed by atoms with van der Waals surface area (Å²) in [5.74, 6) is 2.12. The number of pyridine rings is 1. The van der Waals surface area contributed by atoms with Gasteiger partial charge >= 0.3 is 0 Å². The number of carbonyl (C=O) groups excluding carboxylic acids is 1. The first kappa shape index (κ1) is 35.3. The van der Waals surface area contributed by atoms with Crippen LogP contribution in [0.25, 0.3) is 5.52 Å². The minimum Gasteiger partial charge on any atom is -0.493 e. The summed E-state index contributed by atoms with van der Waals surface area (Å²) in [6.45, 7) is 11.9. The summed E-state index contributed by atoms with van der Waals surface area (Å²) in [6, 6.07) is 21.0. The summed E-state index contributed by atoms with van der Waals surface area (Å²) in [5, 5.41) is 0. The van der Waals surface area contributed by atoms with E-state index in [2.05, 4.69) is 91.8 Å². The number of benzene rings is 2. The Kier molecular flexibility index (Phi) is 13.7. The van der Waals surface area contributed by atoms with Gasteiger partial charge in [-0.05, 0) is 64.9 Å². The van der Waals surface area contributed by atoms with Crippen LogP contribution in [0.15, 0.2) is 73.1 Å². The second-order valence-electron chi connectivity index (χ2n) is 14.0. The van der Waals surface area contributed by atoms with E-state index in [4.69, 9.17) is 4.74 Å². The van der Waals surface area contributed by atoms with Crippen molar-refractivity contribution in [3.05, 3.63) is 95.6 Å². The van der Waals surface area contributed by atoms with Gasteiger partial charge in [-0.2, -0.15) is 4.40 Å². The number of rotatable bonds is 19. The molecule has 0 saturated carbocycles. The summed E-state index contributed by atoms with van der Waals surface area (Å²) >= 11 is 0. The molecule has 0 aliphatic carbocycles. The Bertz CT molecular complexity index is 1480. The third-order valence-corrected chi connectivity index (χ3v) is 9.02. The largest absolute Gasteiger partial charge is 0.493 e. The number of anilines is 1. The normalized spacial score (nSPS) is 11.7. The van der Waals surface area contributed by atoms with Crippen molar-refractivity contribution >= 4 is 17.1 Å². The lowest BCUT2D eigenvalue weighted by molar-refractivity contribution is -0.520. The van der Waals surface area contributed by atoms with E-state index in [9.17, 15) is 4.79 Å². The van der Waals surface area contributed by atoms with Gasteiger partial charge in [0, 0.05) is 12.6 Å². The molecule has 2 aromatic heterocycles. The monoisotopic (exact) mass is 624 g/mol. The number of fused-ring (bicyclic) bond motifs is 1. The molecule has 5 nitrogen and oxygen atoms in total. The minimum absolute atomic E-state index is 0.0308. The van der Waals surface area contributed by atoms with E-state index in [0.29, 0.717) is 6.54 Å². The highest BCUT2D eigenvalue weighted by molar-refractivity contribution is 5.91. The summed E-state index contributed by atoms with van der Waals surface area (Å²) in [6.07, 6.45) is 21.0. The molecule has 0 fully saturated rings. The zero-order valence-corrected chi connectivity index (χ0v) is 29.2. The van der Waals surface area contributed by atoms with Crippen molar-refractivity contribution in [3.63, 3.8) is 0 Å². The van der Waals surface area contributed by atoms with Crippen LogP contribution < -0.4 is 14.0 Å². The van der Waals surface area contributed by atoms with Crippen molar-refractivity contribution in [2.45, 2.75) is 130 Å². The number of hydrogen-bond donors (Lipinski definition) is 1. The van der Waals surface area contributed by atoms with E-state index in [1.165, 1.54) is 81.8 Å². The number of unbranched alkanes of at least 4 members (excludes halogenated alkanes) is 11. The number of nitrogens with zero attached hydrogens (tertiary/aromatic N) is 2. The van der Waals surface area contributed by atoms with Crippen molar-refractivity contribution < 1.29 is 13.9 Å². The zero-order chi connectivity index (χ0) is 32.8. The standard InChI is InChI=1S/C41H57N3O2/c1-6-7-8-9-10-11-12-13-14-15-16-19-28-46-39-26-23-35(29-38(39)41(3,4)5)32-44(33(2)45)36-24-21-34(22-25-36)30-40-42-31-37-20-17-18-27-43(37)40/h17-18,20-27,29,31H,6-16,19,28,30,32H2,1-5H3/p+1. The van der Waals surface area contributed by atoms with Crippen LogP contribution in [0.1, 0.15) is 134 Å². The highest BCUT2D eigenvalue weighted by Gasteiger charge is 2.21. The molecule has 0 spiro atoms. The molecule has 2 heterocycles. The van der Waals surface area contributed by atoms with Crippen molar-refractivity contribution in [2.24, 2.45) is 0 Å². The molecule has 248 valence electrons. The average Bonchev–Trinajstić information content (AvgIpc) is 3.45. The molecular weight excluding hydrogens is 566 g/mol. The van der Waals surface area contributed by atoms with Crippen LogP contribution in [-0.2, 0) is 23.2 Å². The number of ether oxygens (including phenoxy) is 1. The zero-order valence-electron chi connectivity index (χ0n) is 29.2. The predicted molar refractivity (Wildman–Crippen MR) is 192 cm³/mol. The second kappa shape index (κ2) is 17.9. The Balaban J connectivity index is 1.28. The molecule has 0 radical (unpaired) electrons. The molecule has 0 saturated heterocycles. The van der Waals surface area contributed by atoms with E-state index in [0.717, 1.165) is 47.8 Å². The number of amides is 1. The second-order valence-corrected chi connectivity index (χ2v) is 14.0. The van der Waals surface area contributed by atoms with Crippen molar-refractivity contribution in [1.29, 1.82) is 0 Å². The van der Waals surface area contributed by atoms with Gasteiger partial charge < -0.3 is 9.64 Å². The number of aromatic nitrogens is 2. The molecule has 5 heteroatoms. The Morgan fingerprint density at radius 3 is 2.07 bits per heavy atom. The van der Waals surface area contributed by atoms with Gasteiger partial charge in [-0.15, -0.1) is 0 Å². The van der Waals surface area contributed by atoms with E-state index < -0.39 is 0 Å². The quantitative estimate of drug-likeness (QED) is 0.0834. The Labute approximate surface area is 278 Å². The SMILES string of the molecule is CCCCCCCCCCCCCCOc1ccc(CN(C(C)=O)c2ccc(Cc3[nH]cc4cccc[n+]34)cc2)cc1C(C)(C)C. The molecule has 0 unspecified atom stereocenters. The summed E-state index contributed by atoms with van der Waals surface area (Å²) in [4.78, 5) is 18.1. The van der Waals surface area contributed by atoms with Crippen LogP contribution in [-0.4, -0.2) is 17.5 Å². The minimum atomic E-state index is -0.0649. The molecule has 0 atom stereocenters. The summed E-state index contributed by atoms with van der Waals surface area (Å²) < 4.78 is 8.52. The maximum atomic E-state index is 12.8. The van der Waals surface area contributed by atoms with E-state index >= 15 is 0 Å². The Morgan fingerprint density at radius 2 is 1.43 bits per heavy atom. The lowest BCUT2D eigenvalue weighted by Gasteiger charge is -2.26. The van der Waals surface area contributed by atoms with Gasteiger partial charge in [0.05, 0.1) is 25.8 Å². The molecule has 0 aliphatic rings. The fourth-order valence-electron chi connectivity index (χ4n) is 6.25. The van der Waals surface area contributed by atoms with Crippen LogP contribution >= 0.6 is 0 Å². The first-order valence-corrected chi connectivity index (χ1v) is 17.9. The summed E-state index contributed by atoms with van der Waals surface area (Å²) in [7, 11) is 0. The molecule has 4 aromatic rings. The van der Waals surface area contributed by atoms with Crippen molar-refractivity contribution in [2.75, 3.05) is 11.5 Å². The third-order valence-electron chi connectivity index (χ3n) is 9.02. The van der Waals surface area contributed by atoms with Crippen LogP contribution in [0.3, 0.4) is 0 Å². The maximum Gasteiger partial charge on any atom is 0.263 e. The molecule has 46 heavy (non-hydrogen) atoms. The number of nitrogens with one attached hydrogen (secondary N) is 1. The Morgan fingerprint density at radius 1 is 0.804 bits per heavy atom. The van der Waals surface area contributed by atoms with Crippen molar-refractivity contribution in [3.8, 4) is 5.75 Å². The lowest BCUT2D eigenvalue weighted by atomic mass is 9.85. The van der Waals surface area contributed by atoms with Gasteiger partial charge in [-0.1, -0.05) is 123 Å². The number of imidazole rings is 1. The predicted octanol–water partition coefficient (Wildman–Crippen LogP) is 10.3. The lowest BCUT2D eigenvalue weighted by Crippen LogP contribution is -2.28. The van der Waals surface area contributed by atoms with E-state index in [1.54, 1.807) is 6.92 Å². The van der Waals surface area contributed by atoms with E-state index in [-0.39, 0.29) is 11.3 Å². The molecule has 0 bridgehead atoms. The van der Waals surface area contributed by atoms with Crippen LogP contribution in [0.5, 0.6) is 5.75 Å². The van der Waals surface area contributed by atoms with Gasteiger partial charge in [-0.25, -0.2) is 4.98 Å². The highest BCUT2D eigenvalue weighted by Crippen LogP contribution is 2.33. The molecular formula is C41H58N3O2+. The molecule has 2 aromatic carbocycles. The van der Waals surface area contributed by atoms with Crippen LogP contribution in [0, 0.1) is 0 Å². The average molecular weight is 625 g/mol. The Hall–Kier alpha value is -3.60. The first-order valence-electron chi connectivity index (χ1n) is 17.9. The van der Waals surface area contributed by atoms with Crippen LogP contribution in [0.4, 0.5) is 5.69 Å². The smallest absolute Gasteiger partial charge is 0.263 e. The van der Waals surface area contributed by atoms with Gasteiger partial charge in [0.2, 0.25) is 5.91 Å². The van der Waals surface area contributed by atoms with Gasteiger partial charge in [-0.3, -0.25) is 4.79 Å². The number of hydrogen-bond acceptors (Lipinski definition) is 2. The first-order chi connectivity index (χ1) is 22.3. The number of aromatic amines is 1. The maximum absolute atomic E-state index is 12.8. The molecule has 1 amide bonds. The topological polar surface area (TPSA) is 49.4 Å². The molecule has 0 aliphatic heterocycles. The third kappa shape index (κ3) is 10.7. The van der Waals surface area contributed by atoms with Gasteiger partial charge in [0.15, 0.2) is 5.52 Å². The molecule has 1 N–H and O–H groups in total. The van der Waals surface area contributed by atoms with Crippen molar-refractivity contribution in [1.82, 2.24) is 4.98 Å². The van der Waals surface area contributed by atoms with Gasteiger partial charge in [0.25, 0.3) is 5.82 Å². The number of H-pyrrole nitrogens is 1. The summed E-state index contributed by atoms with van der Waals surface area (Å²) in [5.41, 5.74) is 5.48. The fraction of sp³-hybridized carbons (Fsp3) is 0.512. The van der Waals surface area contributed by atoms with E-state index in [1.807, 2.05) is 23.2 Å². The van der Waals surface area contributed by atoms with Gasteiger partial charge in [0.1, 0.15) is 11.9 Å². The number of carbonyl (C=O) groups is 1. The fourth-order valence-corrected chi connectivity index (χ4v) is 6.25. The highest BCUT2D eigenvalue weighted by atomic mass is 16.5. The van der Waals surface area contributed by atoms with Crippen LogP contribution in [0.2, 0.25) is 0 Å². The molecule has 4 rings (SSSR count).